The van der Waals surface area contributed by atoms with Crippen LogP contribution < -0.4 is 5.73 Å². The van der Waals surface area contributed by atoms with Crippen LogP contribution in [0, 0.1) is 21.4 Å². The molecule has 0 radical (unpaired) electrons. The van der Waals surface area contributed by atoms with Crippen molar-refractivity contribution in [3.63, 3.8) is 0 Å². The molecule has 9 heteroatoms. The van der Waals surface area contributed by atoms with Gasteiger partial charge in [-0.1, -0.05) is 6.92 Å². The quantitative estimate of drug-likeness (QED) is 0.339. The van der Waals surface area contributed by atoms with Gasteiger partial charge in [0.25, 0.3) is 0 Å². The van der Waals surface area contributed by atoms with Crippen LogP contribution in [0.15, 0.2) is 21.7 Å². The van der Waals surface area contributed by atoms with Crippen molar-refractivity contribution >= 4 is 18.1 Å². The molecule has 1 fully saturated rings. The summed E-state index contributed by atoms with van der Waals surface area (Å²) in [5.74, 6) is 0.541. The molecule has 0 aromatic carbocycles. The molecule has 0 atom stereocenters. The molecule has 132 valence electrons. The lowest BCUT2D eigenvalue weighted by Gasteiger charge is -2.30. The Morgan fingerprint density at radius 3 is 2.88 bits per heavy atom. The molecule has 1 aromatic heterocycles. The predicted octanol–water partition coefficient (Wildman–Crippen LogP) is 1.84. The van der Waals surface area contributed by atoms with Crippen molar-refractivity contribution in [2.24, 2.45) is 16.8 Å². The number of guanidine groups is 1. The fraction of sp³-hybridized carbons (Fsp3) is 0.600. The van der Waals surface area contributed by atoms with E-state index in [1.165, 1.54) is 36.2 Å². The Balaban J connectivity index is 1.81. The van der Waals surface area contributed by atoms with E-state index in [-0.39, 0.29) is 17.6 Å². The lowest BCUT2D eigenvalue weighted by Crippen LogP contribution is -2.37. The van der Waals surface area contributed by atoms with Crippen LogP contribution >= 0.6 is 0 Å². The summed E-state index contributed by atoms with van der Waals surface area (Å²) in [6, 6.07) is 2.71. The van der Waals surface area contributed by atoms with Gasteiger partial charge in [0.2, 0.25) is 5.96 Å². The van der Waals surface area contributed by atoms with E-state index in [4.69, 9.17) is 15.6 Å². The van der Waals surface area contributed by atoms with E-state index in [0.29, 0.717) is 6.54 Å². The molecule has 3 N–H and O–H groups in total. The van der Waals surface area contributed by atoms with Gasteiger partial charge in [0.15, 0.2) is 5.76 Å². The van der Waals surface area contributed by atoms with Crippen LogP contribution in [0.2, 0.25) is 0 Å². The zero-order valence-electron chi connectivity index (χ0n) is 13.9. The van der Waals surface area contributed by atoms with Crippen molar-refractivity contribution in [2.45, 2.75) is 26.2 Å². The second kappa shape index (κ2) is 8.44. The number of nitrogens with zero attached hydrogens (tertiary/aromatic N) is 4. The fourth-order valence-electron chi connectivity index (χ4n) is 2.61. The second-order valence-corrected chi connectivity index (χ2v) is 6.06. The van der Waals surface area contributed by atoms with Crippen LogP contribution in [0.25, 0.3) is 0 Å². The Labute approximate surface area is 140 Å². The predicted molar refractivity (Wildman–Crippen MR) is 91.0 cm³/mol. The number of nitrogens with one attached hydrogen (secondary N) is 1. The Morgan fingerprint density at radius 1 is 1.58 bits per heavy atom. The van der Waals surface area contributed by atoms with Gasteiger partial charge >= 0.3 is 5.88 Å². The Kier molecular flexibility index (Phi) is 6.30. The number of rotatable bonds is 7. The number of nitro groups is 1. The van der Waals surface area contributed by atoms with Crippen molar-refractivity contribution < 1.29 is 9.34 Å². The molecule has 0 unspecified atom stereocenters. The monoisotopic (exact) mass is 336 g/mol. The molecule has 1 aliphatic rings. The van der Waals surface area contributed by atoms with Gasteiger partial charge in [0.05, 0.1) is 12.3 Å². The maximum atomic E-state index is 10.6. The Morgan fingerprint density at radius 2 is 2.29 bits per heavy atom. The molecule has 2 rings (SSSR count). The van der Waals surface area contributed by atoms with Gasteiger partial charge in [0, 0.05) is 6.54 Å². The molecule has 1 saturated heterocycles. The van der Waals surface area contributed by atoms with Crippen LogP contribution in [-0.4, -0.2) is 53.2 Å². The highest BCUT2D eigenvalue weighted by molar-refractivity contribution is 5.80. The molecule has 0 aliphatic carbocycles. The van der Waals surface area contributed by atoms with Crippen molar-refractivity contribution in [2.75, 3.05) is 26.2 Å². The molecule has 24 heavy (non-hydrogen) atoms. The molecule has 9 nitrogen and oxygen atoms in total. The first-order chi connectivity index (χ1) is 11.5. The maximum Gasteiger partial charge on any atom is 0.433 e. The van der Waals surface area contributed by atoms with E-state index in [9.17, 15) is 10.1 Å². The lowest BCUT2D eigenvalue weighted by atomic mass is 9.99. The van der Waals surface area contributed by atoms with Crippen LogP contribution in [0.1, 0.15) is 31.9 Å². The molecule has 2 heterocycles. The summed E-state index contributed by atoms with van der Waals surface area (Å²) in [5.41, 5.74) is 5.53. The number of hydrogen-bond donors (Lipinski definition) is 2. The molecule has 0 bridgehead atoms. The van der Waals surface area contributed by atoms with Crippen molar-refractivity contribution in [3.05, 3.63) is 28.0 Å². The molecular formula is C15H24N6O3. The molecule has 1 aromatic rings. The molecule has 0 spiro atoms. The van der Waals surface area contributed by atoms with Crippen molar-refractivity contribution in [1.29, 1.82) is 5.41 Å². The van der Waals surface area contributed by atoms with Gasteiger partial charge in [-0.25, -0.2) is 5.01 Å². The minimum atomic E-state index is -0.612. The van der Waals surface area contributed by atoms with Gasteiger partial charge in [-0.3, -0.25) is 15.5 Å². The fourth-order valence-corrected chi connectivity index (χ4v) is 2.61. The topological polar surface area (TPSA) is 125 Å². The number of hydrazone groups is 1. The minimum Gasteiger partial charge on any atom is -0.400 e. The normalized spacial score (nSPS) is 16.5. The van der Waals surface area contributed by atoms with Gasteiger partial charge in [-0.15, -0.1) is 0 Å². The summed E-state index contributed by atoms with van der Waals surface area (Å²) < 4.78 is 4.99. The molecular weight excluding hydrogens is 312 g/mol. The summed E-state index contributed by atoms with van der Waals surface area (Å²) in [5, 5.41) is 23.6. The number of nitrogens with two attached hydrogens (primary N) is 1. The van der Waals surface area contributed by atoms with Crippen LogP contribution in [0.4, 0.5) is 5.88 Å². The summed E-state index contributed by atoms with van der Waals surface area (Å²) in [4.78, 5) is 12.4. The summed E-state index contributed by atoms with van der Waals surface area (Å²) >= 11 is 0. The van der Waals surface area contributed by atoms with E-state index < -0.39 is 4.92 Å². The summed E-state index contributed by atoms with van der Waals surface area (Å²) in [6.45, 7) is 5.96. The Bertz CT molecular complexity index is 592. The highest BCUT2D eigenvalue weighted by Gasteiger charge is 2.16. The van der Waals surface area contributed by atoms with E-state index in [2.05, 4.69) is 16.9 Å². The van der Waals surface area contributed by atoms with Crippen molar-refractivity contribution in [1.82, 2.24) is 9.91 Å². The van der Waals surface area contributed by atoms with E-state index >= 15 is 0 Å². The summed E-state index contributed by atoms with van der Waals surface area (Å²) in [7, 11) is 0. The maximum absolute atomic E-state index is 10.6. The zero-order valence-corrected chi connectivity index (χ0v) is 13.9. The van der Waals surface area contributed by atoms with E-state index in [1.807, 2.05) is 0 Å². The first kappa shape index (κ1) is 17.9. The van der Waals surface area contributed by atoms with Crippen LogP contribution in [0.5, 0.6) is 0 Å². The average Bonchev–Trinajstić information content (AvgIpc) is 3.01. The third kappa shape index (κ3) is 5.34. The lowest BCUT2D eigenvalue weighted by molar-refractivity contribution is -0.402. The number of piperidine rings is 1. The van der Waals surface area contributed by atoms with Gasteiger partial charge in [-0.2, -0.15) is 5.10 Å². The van der Waals surface area contributed by atoms with E-state index in [1.54, 1.807) is 0 Å². The molecule has 0 saturated carbocycles. The van der Waals surface area contributed by atoms with Crippen LogP contribution in [0.3, 0.4) is 0 Å². The van der Waals surface area contributed by atoms with E-state index in [0.717, 1.165) is 32.0 Å². The minimum absolute atomic E-state index is 0.167. The van der Waals surface area contributed by atoms with Gasteiger partial charge in [0.1, 0.15) is 4.92 Å². The SMILES string of the molecule is CC1CCN(CCCN(/N=C\c2ccc([N+](=O)[O-])o2)C(=N)N)CC1. The largest absolute Gasteiger partial charge is 0.433 e. The smallest absolute Gasteiger partial charge is 0.400 e. The van der Waals surface area contributed by atoms with Gasteiger partial charge in [-0.05, 0) is 50.9 Å². The number of hydrogen-bond acceptors (Lipinski definition) is 6. The summed E-state index contributed by atoms with van der Waals surface area (Å²) in [6.07, 6.45) is 4.62. The highest BCUT2D eigenvalue weighted by atomic mass is 16.6. The highest BCUT2D eigenvalue weighted by Crippen LogP contribution is 2.16. The standard InChI is InChI=1S/C15H24N6O3/c1-12-5-9-19(10-6-12)7-2-8-20(15(16)17)18-11-13-3-4-14(24-13)21(22)23/h3-4,11-12H,2,5-10H2,1H3,(H3,16,17)/b18-11-. The third-order valence-electron chi connectivity index (χ3n) is 4.12. The Hall–Kier alpha value is -2.42. The number of furan rings is 1. The van der Waals surface area contributed by atoms with Crippen LogP contribution in [-0.2, 0) is 0 Å². The third-order valence-corrected chi connectivity index (χ3v) is 4.12. The first-order valence-electron chi connectivity index (χ1n) is 8.08. The van der Waals surface area contributed by atoms with Gasteiger partial charge < -0.3 is 15.1 Å². The van der Waals surface area contributed by atoms with Crippen molar-refractivity contribution in [3.8, 4) is 0 Å². The first-order valence-corrected chi connectivity index (χ1v) is 8.08. The molecule has 1 aliphatic heterocycles. The number of likely N-dealkylation sites (tertiary alicyclic amines) is 1. The molecule has 0 amide bonds. The zero-order chi connectivity index (χ0) is 17.5. The second-order valence-electron chi connectivity index (χ2n) is 6.06. The average molecular weight is 336 g/mol.